The number of carboxylic acid groups (broad SMARTS) is 1. The van der Waals surface area contributed by atoms with Crippen LogP contribution in [0.2, 0.25) is 5.02 Å². The van der Waals surface area contributed by atoms with Crippen molar-refractivity contribution >= 4 is 28.5 Å². The number of benzene rings is 1. The molecule has 2 saturated carbocycles. The van der Waals surface area contributed by atoms with E-state index in [9.17, 15) is 19.8 Å². The van der Waals surface area contributed by atoms with Crippen molar-refractivity contribution in [1.29, 1.82) is 0 Å². The average molecular weight is 394 g/mol. The largest absolute Gasteiger partial charge is 0.477 e. The van der Waals surface area contributed by atoms with Gasteiger partial charge in [0.15, 0.2) is 0 Å². The fourth-order valence-electron chi connectivity index (χ4n) is 4.22. The Hall–Kier alpha value is -1.92. The van der Waals surface area contributed by atoms with E-state index in [0.717, 1.165) is 38.2 Å². The normalized spacial score (nSPS) is 23.4. The van der Waals surface area contributed by atoms with Crippen LogP contribution in [-0.2, 0) is 0 Å². The summed E-state index contributed by atoms with van der Waals surface area (Å²) in [5.74, 6) is -2.15. The Labute approximate surface area is 160 Å². The van der Waals surface area contributed by atoms with Gasteiger partial charge in [-0.1, -0.05) is 24.4 Å². The van der Waals surface area contributed by atoms with Gasteiger partial charge in [0, 0.05) is 17.8 Å². The summed E-state index contributed by atoms with van der Waals surface area (Å²) in [4.78, 5) is 24.1. The summed E-state index contributed by atoms with van der Waals surface area (Å²) in [7, 11) is 0. The molecule has 0 amide bonds. The van der Waals surface area contributed by atoms with Gasteiger partial charge in [0.1, 0.15) is 11.4 Å². The SMILES string of the molecule is O=C(O)c1cn(C2CC2)c2c(Cl)c(C3CCCCC(O)C3)c(F)cc2c1=O. The molecule has 2 aliphatic carbocycles. The molecule has 144 valence electrons. The van der Waals surface area contributed by atoms with Crippen molar-refractivity contribution in [2.75, 3.05) is 0 Å². The lowest BCUT2D eigenvalue weighted by atomic mass is 9.89. The zero-order valence-corrected chi connectivity index (χ0v) is 15.5. The van der Waals surface area contributed by atoms with Gasteiger partial charge in [-0.3, -0.25) is 4.79 Å². The first-order valence-electron chi connectivity index (χ1n) is 9.36. The number of rotatable bonds is 3. The molecule has 0 spiro atoms. The standard InChI is InChI=1S/C20H21ClFNO4/c21-17-16(10-3-1-2-4-12(24)7-10)15(22)8-13-18(17)23(11-5-6-11)9-14(19(13)25)20(26)27/h8-12,24H,1-7H2,(H,26,27). The van der Waals surface area contributed by atoms with E-state index in [0.29, 0.717) is 23.9 Å². The third kappa shape index (κ3) is 3.25. The topological polar surface area (TPSA) is 79.5 Å². The number of carbonyl (C=O) groups is 1. The van der Waals surface area contributed by atoms with E-state index in [2.05, 4.69) is 0 Å². The highest BCUT2D eigenvalue weighted by molar-refractivity contribution is 6.36. The van der Waals surface area contributed by atoms with Crippen LogP contribution in [0.25, 0.3) is 10.9 Å². The van der Waals surface area contributed by atoms with E-state index in [1.54, 1.807) is 4.57 Å². The molecule has 7 heteroatoms. The summed E-state index contributed by atoms with van der Waals surface area (Å²) in [5, 5.41) is 19.6. The molecule has 0 radical (unpaired) electrons. The Kier molecular flexibility index (Phi) is 4.72. The van der Waals surface area contributed by atoms with Crippen LogP contribution in [0.4, 0.5) is 4.39 Å². The van der Waals surface area contributed by atoms with Crippen LogP contribution in [0.3, 0.4) is 0 Å². The predicted molar refractivity (Wildman–Crippen MR) is 100 cm³/mol. The summed E-state index contributed by atoms with van der Waals surface area (Å²) < 4.78 is 16.7. The maximum atomic E-state index is 15.0. The fraction of sp³-hybridized carbons (Fsp3) is 0.500. The molecule has 2 aromatic rings. The number of pyridine rings is 1. The number of nitrogens with zero attached hydrogens (tertiary/aromatic N) is 1. The molecule has 0 aliphatic heterocycles. The average Bonchev–Trinajstić information content (AvgIpc) is 3.44. The second kappa shape index (κ2) is 6.91. The maximum absolute atomic E-state index is 15.0. The van der Waals surface area contributed by atoms with Gasteiger partial charge in [-0.15, -0.1) is 0 Å². The first-order valence-corrected chi connectivity index (χ1v) is 9.74. The first kappa shape index (κ1) is 18.4. The number of aromatic nitrogens is 1. The van der Waals surface area contributed by atoms with E-state index in [4.69, 9.17) is 11.6 Å². The van der Waals surface area contributed by atoms with Gasteiger partial charge in [0.05, 0.1) is 22.0 Å². The van der Waals surface area contributed by atoms with Crippen molar-refractivity contribution < 1.29 is 19.4 Å². The van der Waals surface area contributed by atoms with E-state index in [-0.39, 0.29) is 27.9 Å². The molecule has 0 bridgehead atoms. The molecule has 2 atom stereocenters. The van der Waals surface area contributed by atoms with Crippen LogP contribution in [0.15, 0.2) is 17.1 Å². The molecular weight excluding hydrogens is 373 g/mol. The van der Waals surface area contributed by atoms with Crippen LogP contribution in [0.1, 0.15) is 72.8 Å². The highest BCUT2D eigenvalue weighted by Crippen LogP contribution is 2.43. The van der Waals surface area contributed by atoms with Gasteiger partial charge in [-0.2, -0.15) is 0 Å². The second-order valence-corrected chi connectivity index (χ2v) is 8.05. The number of halogens is 2. The summed E-state index contributed by atoms with van der Waals surface area (Å²) in [5.41, 5.74) is -0.351. The Morgan fingerprint density at radius 3 is 2.59 bits per heavy atom. The van der Waals surface area contributed by atoms with Gasteiger partial charge in [-0.05, 0) is 44.1 Å². The molecule has 0 saturated heterocycles. The maximum Gasteiger partial charge on any atom is 0.341 e. The Bertz CT molecular complexity index is 982. The molecule has 4 rings (SSSR count). The highest BCUT2D eigenvalue weighted by Gasteiger charge is 2.31. The lowest BCUT2D eigenvalue weighted by molar-refractivity contribution is 0.0694. The molecule has 1 aromatic heterocycles. The van der Waals surface area contributed by atoms with Crippen LogP contribution in [0, 0.1) is 5.82 Å². The van der Waals surface area contributed by atoms with E-state index >= 15 is 4.39 Å². The monoisotopic (exact) mass is 393 g/mol. The smallest absolute Gasteiger partial charge is 0.341 e. The third-order valence-electron chi connectivity index (χ3n) is 5.72. The minimum atomic E-state index is -1.33. The summed E-state index contributed by atoms with van der Waals surface area (Å²) >= 11 is 6.63. The van der Waals surface area contributed by atoms with Gasteiger partial charge < -0.3 is 14.8 Å². The van der Waals surface area contributed by atoms with Crippen LogP contribution < -0.4 is 5.43 Å². The third-order valence-corrected chi connectivity index (χ3v) is 6.10. The Morgan fingerprint density at radius 2 is 1.93 bits per heavy atom. The first-order chi connectivity index (χ1) is 12.9. The van der Waals surface area contributed by atoms with Crippen molar-refractivity contribution in [1.82, 2.24) is 4.57 Å². The predicted octanol–water partition coefficient (Wildman–Crippen LogP) is 4.24. The number of aliphatic hydroxyl groups excluding tert-OH is 1. The molecule has 2 unspecified atom stereocenters. The van der Waals surface area contributed by atoms with Gasteiger partial charge in [-0.25, -0.2) is 9.18 Å². The number of fused-ring (bicyclic) bond motifs is 1. The minimum Gasteiger partial charge on any atom is -0.477 e. The lowest BCUT2D eigenvalue weighted by Gasteiger charge is -2.22. The molecular formula is C20H21ClFNO4. The molecule has 2 N–H and O–H groups in total. The van der Waals surface area contributed by atoms with Crippen LogP contribution in [-0.4, -0.2) is 26.9 Å². The number of aliphatic hydroxyl groups is 1. The quantitative estimate of drug-likeness (QED) is 0.764. The van der Waals surface area contributed by atoms with Gasteiger partial charge in [0.25, 0.3) is 0 Å². The summed E-state index contributed by atoms with van der Waals surface area (Å²) in [6.07, 6.45) is 6.18. The van der Waals surface area contributed by atoms with Crippen molar-refractivity contribution in [2.24, 2.45) is 0 Å². The second-order valence-electron chi connectivity index (χ2n) is 7.67. The van der Waals surface area contributed by atoms with Crippen molar-refractivity contribution in [3.63, 3.8) is 0 Å². The number of aromatic carboxylic acids is 1. The summed E-state index contributed by atoms with van der Waals surface area (Å²) in [6.45, 7) is 0. The van der Waals surface area contributed by atoms with Crippen LogP contribution >= 0.6 is 11.6 Å². The fourth-order valence-corrected chi connectivity index (χ4v) is 4.66. The number of carboxylic acids is 1. The van der Waals surface area contributed by atoms with Crippen LogP contribution in [0.5, 0.6) is 0 Å². The van der Waals surface area contributed by atoms with Crippen molar-refractivity contribution in [3.8, 4) is 0 Å². The summed E-state index contributed by atoms with van der Waals surface area (Å²) in [6, 6.07) is 1.20. The molecule has 1 aromatic carbocycles. The van der Waals surface area contributed by atoms with Crippen molar-refractivity contribution in [3.05, 3.63) is 44.5 Å². The van der Waals surface area contributed by atoms with E-state index in [1.807, 2.05) is 0 Å². The number of hydrogen-bond acceptors (Lipinski definition) is 3. The lowest BCUT2D eigenvalue weighted by Crippen LogP contribution is -2.20. The zero-order chi connectivity index (χ0) is 19.3. The zero-order valence-electron chi connectivity index (χ0n) is 14.8. The molecule has 5 nitrogen and oxygen atoms in total. The Balaban J connectivity index is 1.98. The highest BCUT2D eigenvalue weighted by atomic mass is 35.5. The molecule has 1 heterocycles. The van der Waals surface area contributed by atoms with Gasteiger partial charge >= 0.3 is 5.97 Å². The molecule has 2 fully saturated rings. The Morgan fingerprint density at radius 1 is 1.22 bits per heavy atom. The van der Waals surface area contributed by atoms with E-state index in [1.165, 1.54) is 6.20 Å². The molecule has 27 heavy (non-hydrogen) atoms. The van der Waals surface area contributed by atoms with E-state index < -0.39 is 23.3 Å². The van der Waals surface area contributed by atoms with Crippen molar-refractivity contribution in [2.45, 2.75) is 63.0 Å². The molecule has 2 aliphatic rings. The number of hydrogen-bond donors (Lipinski definition) is 2. The minimum absolute atomic E-state index is 0.00206. The van der Waals surface area contributed by atoms with Gasteiger partial charge in [0.2, 0.25) is 5.43 Å².